The molecule has 18 heavy (non-hydrogen) atoms. The van der Waals surface area contributed by atoms with E-state index in [0.29, 0.717) is 0 Å². The molecule has 1 atom stereocenters. The number of aryl methyl sites for hydroxylation is 1. The van der Waals surface area contributed by atoms with Crippen LogP contribution in [0, 0.1) is 12.7 Å². The maximum atomic E-state index is 13.0. The van der Waals surface area contributed by atoms with Gasteiger partial charge in [-0.25, -0.2) is 4.39 Å². The van der Waals surface area contributed by atoms with Gasteiger partial charge in [0.15, 0.2) is 0 Å². The quantitative estimate of drug-likeness (QED) is 0.883. The minimum absolute atomic E-state index is 0.0887. The monoisotopic (exact) mass is 263 g/mol. The van der Waals surface area contributed by atoms with Crippen molar-refractivity contribution in [1.29, 1.82) is 0 Å². The molecule has 1 unspecified atom stereocenters. The van der Waals surface area contributed by atoms with Crippen LogP contribution in [0.15, 0.2) is 35.7 Å². The molecular formula is C15H18FNS. The van der Waals surface area contributed by atoms with Gasteiger partial charge in [-0.2, -0.15) is 0 Å². The SMILES string of the molecule is Cc1sccc1C(N)C(C)(C)c1ccc(F)cc1. The van der Waals surface area contributed by atoms with Gasteiger partial charge in [-0.15, -0.1) is 11.3 Å². The molecule has 3 heteroatoms. The van der Waals surface area contributed by atoms with Crippen molar-refractivity contribution < 1.29 is 4.39 Å². The summed E-state index contributed by atoms with van der Waals surface area (Å²) in [6.45, 7) is 6.28. The summed E-state index contributed by atoms with van der Waals surface area (Å²) >= 11 is 1.71. The topological polar surface area (TPSA) is 26.0 Å². The van der Waals surface area contributed by atoms with Crippen LogP contribution in [-0.2, 0) is 5.41 Å². The van der Waals surface area contributed by atoms with Crippen molar-refractivity contribution in [1.82, 2.24) is 0 Å². The zero-order chi connectivity index (χ0) is 13.3. The lowest BCUT2D eigenvalue weighted by Gasteiger charge is -2.32. The summed E-state index contributed by atoms with van der Waals surface area (Å²) < 4.78 is 13.0. The third-order valence-electron chi connectivity index (χ3n) is 3.60. The number of thiophene rings is 1. The molecule has 2 N–H and O–H groups in total. The first-order chi connectivity index (χ1) is 8.43. The van der Waals surface area contributed by atoms with Gasteiger partial charge in [0.2, 0.25) is 0 Å². The molecule has 2 aromatic rings. The highest BCUT2D eigenvalue weighted by Crippen LogP contribution is 2.37. The van der Waals surface area contributed by atoms with E-state index >= 15 is 0 Å². The van der Waals surface area contributed by atoms with Gasteiger partial charge in [0.05, 0.1) is 0 Å². The Balaban J connectivity index is 2.36. The standard InChI is InChI=1S/C15H18FNS/c1-10-13(8-9-18-10)14(17)15(2,3)11-4-6-12(16)7-5-11/h4-9,14H,17H2,1-3H3. The minimum atomic E-state index is -0.223. The van der Waals surface area contributed by atoms with E-state index in [1.165, 1.54) is 22.6 Å². The summed E-state index contributed by atoms with van der Waals surface area (Å²) in [7, 11) is 0. The van der Waals surface area contributed by atoms with Gasteiger partial charge in [0.1, 0.15) is 5.82 Å². The minimum Gasteiger partial charge on any atom is -0.323 e. The van der Waals surface area contributed by atoms with Gasteiger partial charge in [0.25, 0.3) is 0 Å². The van der Waals surface area contributed by atoms with Crippen LogP contribution in [0.25, 0.3) is 0 Å². The van der Waals surface area contributed by atoms with Crippen LogP contribution in [-0.4, -0.2) is 0 Å². The molecule has 0 amide bonds. The van der Waals surface area contributed by atoms with E-state index in [9.17, 15) is 4.39 Å². The number of hydrogen-bond donors (Lipinski definition) is 1. The summed E-state index contributed by atoms with van der Waals surface area (Å²) in [6.07, 6.45) is 0. The highest BCUT2D eigenvalue weighted by molar-refractivity contribution is 7.10. The van der Waals surface area contributed by atoms with E-state index in [4.69, 9.17) is 5.73 Å². The molecule has 0 bridgehead atoms. The number of halogens is 1. The van der Waals surface area contributed by atoms with Crippen molar-refractivity contribution in [2.45, 2.75) is 32.2 Å². The Morgan fingerprint density at radius 1 is 1.17 bits per heavy atom. The first-order valence-electron chi connectivity index (χ1n) is 5.98. The van der Waals surface area contributed by atoms with Gasteiger partial charge >= 0.3 is 0 Å². The summed E-state index contributed by atoms with van der Waals surface area (Å²) in [5.74, 6) is -0.213. The molecule has 0 radical (unpaired) electrons. The van der Waals surface area contributed by atoms with Crippen LogP contribution in [0.2, 0.25) is 0 Å². The van der Waals surface area contributed by atoms with Gasteiger partial charge in [-0.05, 0) is 41.6 Å². The van der Waals surface area contributed by atoms with E-state index in [0.717, 1.165) is 5.56 Å². The average Bonchev–Trinajstić information content (AvgIpc) is 2.75. The maximum Gasteiger partial charge on any atom is 0.123 e. The second-order valence-electron chi connectivity index (χ2n) is 5.14. The van der Waals surface area contributed by atoms with Crippen molar-refractivity contribution in [3.05, 3.63) is 57.5 Å². The second-order valence-corrected chi connectivity index (χ2v) is 6.26. The third-order valence-corrected chi connectivity index (χ3v) is 4.46. The van der Waals surface area contributed by atoms with Crippen molar-refractivity contribution in [3.63, 3.8) is 0 Å². The van der Waals surface area contributed by atoms with Crippen LogP contribution < -0.4 is 5.73 Å². The number of hydrogen-bond acceptors (Lipinski definition) is 2. The second kappa shape index (κ2) is 4.82. The van der Waals surface area contributed by atoms with Gasteiger partial charge in [-0.1, -0.05) is 26.0 Å². The van der Waals surface area contributed by atoms with E-state index in [2.05, 4.69) is 32.2 Å². The zero-order valence-electron chi connectivity index (χ0n) is 10.9. The highest BCUT2D eigenvalue weighted by atomic mass is 32.1. The number of nitrogens with two attached hydrogens (primary N) is 1. The van der Waals surface area contributed by atoms with E-state index in [1.807, 2.05) is 12.1 Å². The molecule has 1 heterocycles. The fourth-order valence-electron chi connectivity index (χ4n) is 2.17. The van der Waals surface area contributed by atoms with Crippen molar-refractivity contribution in [2.24, 2.45) is 5.73 Å². The molecule has 0 aliphatic heterocycles. The lowest BCUT2D eigenvalue weighted by molar-refractivity contribution is 0.420. The first-order valence-corrected chi connectivity index (χ1v) is 6.86. The van der Waals surface area contributed by atoms with Gasteiger partial charge < -0.3 is 5.73 Å². The molecule has 0 fully saturated rings. The van der Waals surface area contributed by atoms with Crippen LogP contribution in [0.1, 0.15) is 35.9 Å². The molecular weight excluding hydrogens is 245 g/mol. The van der Waals surface area contributed by atoms with E-state index in [-0.39, 0.29) is 17.3 Å². The summed E-state index contributed by atoms with van der Waals surface area (Å²) in [6, 6.07) is 8.60. The Bertz CT molecular complexity index is 528. The molecule has 1 aromatic heterocycles. The number of rotatable bonds is 3. The number of benzene rings is 1. The fourth-order valence-corrected chi connectivity index (χ4v) is 2.92. The van der Waals surface area contributed by atoms with E-state index < -0.39 is 0 Å². The zero-order valence-corrected chi connectivity index (χ0v) is 11.7. The third kappa shape index (κ3) is 2.33. The molecule has 0 spiro atoms. The summed E-state index contributed by atoms with van der Waals surface area (Å²) in [5, 5.41) is 2.06. The highest BCUT2D eigenvalue weighted by Gasteiger charge is 2.30. The Morgan fingerprint density at radius 3 is 2.28 bits per heavy atom. The molecule has 96 valence electrons. The fraction of sp³-hybridized carbons (Fsp3) is 0.333. The Morgan fingerprint density at radius 2 is 1.78 bits per heavy atom. The Hall–Kier alpha value is -1.19. The Labute approximate surface area is 111 Å². The molecule has 1 aromatic carbocycles. The molecule has 0 aliphatic carbocycles. The van der Waals surface area contributed by atoms with Crippen LogP contribution >= 0.6 is 11.3 Å². The molecule has 0 saturated carbocycles. The smallest absolute Gasteiger partial charge is 0.123 e. The summed E-state index contributed by atoms with van der Waals surface area (Å²) in [5.41, 5.74) is 8.41. The van der Waals surface area contributed by atoms with Crippen LogP contribution in [0.5, 0.6) is 0 Å². The largest absolute Gasteiger partial charge is 0.323 e. The van der Waals surface area contributed by atoms with E-state index in [1.54, 1.807) is 11.3 Å². The predicted octanol–water partition coefficient (Wildman–Crippen LogP) is 4.17. The van der Waals surface area contributed by atoms with Crippen LogP contribution in [0.4, 0.5) is 4.39 Å². The van der Waals surface area contributed by atoms with Crippen molar-refractivity contribution in [3.8, 4) is 0 Å². The lowest BCUT2D eigenvalue weighted by Crippen LogP contribution is -2.33. The van der Waals surface area contributed by atoms with Crippen molar-refractivity contribution in [2.75, 3.05) is 0 Å². The molecule has 0 saturated heterocycles. The first kappa shape index (κ1) is 13.2. The summed E-state index contributed by atoms with van der Waals surface area (Å²) in [4.78, 5) is 1.25. The molecule has 2 rings (SSSR count). The predicted molar refractivity (Wildman–Crippen MR) is 75.4 cm³/mol. The van der Waals surface area contributed by atoms with Crippen molar-refractivity contribution >= 4 is 11.3 Å². The molecule has 1 nitrogen and oxygen atoms in total. The lowest BCUT2D eigenvalue weighted by atomic mass is 9.75. The van der Waals surface area contributed by atoms with Crippen LogP contribution in [0.3, 0.4) is 0 Å². The Kier molecular flexibility index (Phi) is 3.55. The maximum absolute atomic E-state index is 13.0. The van der Waals surface area contributed by atoms with Gasteiger partial charge in [-0.3, -0.25) is 0 Å². The van der Waals surface area contributed by atoms with Gasteiger partial charge in [0, 0.05) is 16.3 Å². The normalized spacial score (nSPS) is 13.6. The molecule has 0 aliphatic rings. The average molecular weight is 263 g/mol.